The number of likely N-dealkylation sites (N-methyl/N-ethyl adjacent to an activating group) is 1. The monoisotopic (exact) mass is 314 g/mol. The average molecular weight is 315 g/mol. The molecule has 5 nitrogen and oxygen atoms in total. The molecule has 110 valence electrons. The van der Waals surface area contributed by atoms with Crippen LogP contribution in [-0.4, -0.2) is 55.3 Å². The second-order valence-corrected chi connectivity index (χ2v) is 6.33. The summed E-state index contributed by atoms with van der Waals surface area (Å²) in [5.74, 6) is 0.778. The Morgan fingerprint density at radius 3 is 2.90 bits per heavy atom. The molecule has 1 N–H and O–H groups in total. The predicted molar refractivity (Wildman–Crippen MR) is 85.0 cm³/mol. The van der Waals surface area contributed by atoms with Gasteiger partial charge < -0.3 is 15.0 Å². The van der Waals surface area contributed by atoms with E-state index in [1.165, 1.54) is 4.88 Å². The normalized spacial score (nSPS) is 11.4. The van der Waals surface area contributed by atoms with Crippen LogP contribution in [0.2, 0.25) is 5.28 Å². The zero-order valence-corrected chi connectivity index (χ0v) is 13.5. The molecule has 0 saturated heterocycles. The van der Waals surface area contributed by atoms with Crippen LogP contribution in [-0.2, 0) is 4.74 Å². The van der Waals surface area contributed by atoms with Crippen molar-refractivity contribution in [3.05, 3.63) is 16.2 Å². The van der Waals surface area contributed by atoms with Gasteiger partial charge in [-0.25, -0.2) is 9.97 Å². The van der Waals surface area contributed by atoms with Crippen LogP contribution in [0.15, 0.2) is 6.07 Å². The van der Waals surface area contributed by atoms with Gasteiger partial charge in [0, 0.05) is 18.0 Å². The van der Waals surface area contributed by atoms with Gasteiger partial charge in [0.2, 0.25) is 5.28 Å². The molecule has 0 amide bonds. The maximum absolute atomic E-state index is 5.94. The number of aromatic nitrogens is 2. The van der Waals surface area contributed by atoms with E-state index < -0.39 is 0 Å². The van der Waals surface area contributed by atoms with Gasteiger partial charge in [0.05, 0.1) is 18.6 Å². The second kappa shape index (κ2) is 7.17. The van der Waals surface area contributed by atoms with E-state index in [2.05, 4.69) is 26.3 Å². The van der Waals surface area contributed by atoms with Crippen LogP contribution in [0.1, 0.15) is 4.88 Å². The Morgan fingerprint density at radius 2 is 2.15 bits per heavy atom. The first-order valence-corrected chi connectivity index (χ1v) is 7.66. The van der Waals surface area contributed by atoms with E-state index in [9.17, 15) is 0 Å². The van der Waals surface area contributed by atoms with Crippen LogP contribution < -0.4 is 5.32 Å². The Balaban J connectivity index is 1.89. The molecule has 0 aliphatic carbocycles. The maximum Gasteiger partial charge on any atom is 0.225 e. The quantitative estimate of drug-likeness (QED) is 0.629. The fourth-order valence-corrected chi connectivity index (χ4v) is 2.84. The van der Waals surface area contributed by atoms with Crippen molar-refractivity contribution in [1.82, 2.24) is 14.9 Å². The lowest BCUT2D eigenvalue weighted by molar-refractivity contribution is 0.126. The smallest absolute Gasteiger partial charge is 0.225 e. The highest BCUT2D eigenvalue weighted by molar-refractivity contribution is 7.18. The van der Waals surface area contributed by atoms with Gasteiger partial charge in [0.15, 0.2) is 0 Å². The van der Waals surface area contributed by atoms with E-state index >= 15 is 0 Å². The number of nitrogens with zero attached hydrogens (tertiary/aromatic N) is 3. The number of rotatable bonds is 7. The van der Waals surface area contributed by atoms with Crippen molar-refractivity contribution in [2.75, 3.05) is 45.7 Å². The Kier molecular flexibility index (Phi) is 5.54. The molecule has 0 unspecified atom stereocenters. The van der Waals surface area contributed by atoms with Crippen molar-refractivity contribution >= 4 is 39.0 Å². The summed E-state index contributed by atoms with van der Waals surface area (Å²) >= 11 is 7.56. The van der Waals surface area contributed by atoms with E-state index in [-0.39, 0.29) is 5.28 Å². The number of aryl methyl sites for hydroxylation is 1. The van der Waals surface area contributed by atoms with Crippen molar-refractivity contribution in [2.45, 2.75) is 6.92 Å². The topological polar surface area (TPSA) is 50.3 Å². The molecule has 2 rings (SSSR count). The molecule has 0 atom stereocenters. The van der Waals surface area contributed by atoms with Gasteiger partial charge in [0.25, 0.3) is 0 Å². The summed E-state index contributed by atoms with van der Waals surface area (Å²) in [5, 5.41) is 4.55. The SMILES string of the molecule is Cc1cc2c(NCCOCCN(C)C)nc(Cl)nc2s1. The minimum absolute atomic E-state index is 0.273. The van der Waals surface area contributed by atoms with Crippen molar-refractivity contribution in [3.8, 4) is 0 Å². The lowest BCUT2D eigenvalue weighted by Gasteiger charge is -2.10. The molecule has 0 aliphatic rings. The number of hydrogen-bond donors (Lipinski definition) is 1. The number of hydrogen-bond acceptors (Lipinski definition) is 6. The van der Waals surface area contributed by atoms with Gasteiger partial charge in [-0.1, -0.05) is 0 Å². The van der Waals surface area contributed by atoms with Crippen LogP contribution >= 0.6 is 22.9 Å². The highest BCUT2D eigenvalue weighted by Crippen LogP contribution is 2.29. The molecule has 2 heterocycles. The van der Waals surface area contributed by atoms with Crippen molar-refractivity contribution < 1.29 is 4.74 Å². The molecule has 20 heavy (non-hydrogen) atoms. The first kappa shape index (κ1) is 15.4. The number of anilines is 1. The zero-order chi connectivity index (χ0) is 14.5. The molecule has 0 saturated carbocycles. The third-order valence-electron chi connectivity index (χ3n) is 2.71. The Labute approximate surface area is 127 Å². The summed E-state index contributed by atoms with van der Waals surface area (Å²) in [6.07, 6.45) is 0. The number of nitrogens with one attached hydrogen (secondary N) is 1. The zero-order valence-electron chi connectivity index (χ0n) is 11.9. The highest BCUT2D eigenvalue weighted by Gasteiger charge is 2.09. The van der Waals surface area contributed by atoms with E-state index in [1.54, 1.807) is 11.3 Å². The van der Waals surface area contributed by atoms with Crippen molar-refractivity contribution in [1.29, 1.82) is 0 Å². The lowest BCUT2D eigenvalue weighted by atomic mass is 10.3. The summed E-state index contributed by atoms with van der Waals surface area (Å²) < 4.78 is 5.54. The molecular formula is C13H19ClN4OS. The van der Waals surface area contributed by atoms with Crippen LogP contribution in [0.5, 0.6) is 0 Å². The predicted octanol–water partition coefficient (Wildman–Crippen LogP) is 2.64. The van der Waals surface area contributed by atoms with E-state index in [1.807, 2.05) is 21.0 Å². The molecule has 0 bridgehead atoms. The summed E-state index contributed by atoms with van der Waals surface area (Å²) in [6, 6.07) is 2.07. The van der Waals surface area contributed by atoms with E-state index in [0.29, 0.717) is 13.2 Å². The summed E-state index contributed by atoms with van der Waals surface area (Å²) in [5.41, 5.74) is 0. The molecule has 2 aromatic heterocycles. The van der Waals surface area contributed by atoms with Crippen LogP contribution in [0.3, 0.4) is 0 Å². The Morgan fingerprint density at radius 1 is 1.35 bits per heavy atom. The minimum atomic E-state index is 0.273. The lowest BCUT2D eigenvalue weighted by Crippen LogP contribution is -2.20. The van der Waals surface area contributed by atoms with Crippen LogP contribution in [0, 0.1) is 6.92 Å². The largest absolute Gasteiger partial charge is 0.378 e. The first-order chi connectivity index (χ1) is 9.56. The first-order valence-electron chi connectivity index (χ1n) is 6.46. The molecule has 7 heteroatoms. The second-order valence-electron chi connectivity index (χ2n) is 4.76. The molecule has 0 spiro atoms. The third kappa shape index (κ3) is 4.28. The fourth-order valence-electron chi connectivity index (χ4n) is 1.74. The molecule has 2 aromatic rings. The average Bonchev–Trinajstić information content (AvgIpc) is 2.73. The molecule has 0 aliphatic heterocycles. The van der Waals surface area contributed by atoms with Gasteiger partial charge in [-0.3, -0.25) is 0 Å². The highest BCUT2D eigenvalue weighted by atomic mass is 35.5. The minimum Gasteiger partial charge on any atom is -0.378 e. The van der Waals surface area contributed by atoms with Gasteiger partial charge in [0.1, 0.15) is 10.6 Å². The van der Waals surface area contributed by atoms with Gasteiger partial charge >= 0.3 is 0 Å². The summed E-state index contributed by atoms with van der Waals surface area (Å²) in [6.45, 7) is 5.04. The number of thiophene rings is 1. The van der Waals surface area contributed by atoms with Gasteiger partial charge in [-0.05, 0) is 38.7 Å². The van der Waals surface area contributed by atoms with Crippen molar-refractivity contribution in [3.63, 3.8) is 0 Å². The number of ether oxygens (including phenoxy) is 1. The standard InChI is InChI=1S/C13H19ClN4OS/c1-9-8-10-11(16-13(14)17-12(10)20-9)15-4-6-19-7-5-18(2)3/h8H,4-7H2,1-3H3,(H,15,16,17). The van der Waals surface area contributed by atoms with Gasteiger partial charge in [-0.15, -0.1) is 11.3 Å². The van der Waals surface area contributed by atoms with Crippen LogP contribution in [0.4, 0.5) is 5.82 Å². The summed E-state index contributed by atoms with van der Waals surface area (Å²) in [7, 11) is 4.06. The van der Waals surface area contributed by atoms with E-state index in [0.717, 1.165) is 29.2 Å². The van der Waals surface area contributed by atoms with Crippen molar-refractivity contribution in [2.24, 2.45) is 0 Å². The molecule has 0 fully saturated rings. The third-order valence-corrected chi connectivity index (χ3v) is 3.82. The molecular weight excluding hydrogens is 296 g/mol. The molecule has 0 aromatic carbocycles. The number of fused-ring (bicyclic) bond motifs is 1. The number of halogens is 1. The maximum atomic E-state index is 5.94. The molecule has 0 radical (unpaired) electrons. The van der Waals surface area contributed by atoms with E-state index in [4.69, 9.17) is 16.3 Å². The summed E-state index contributed by atoms with van der Waals surface area (Å²) in [4.78, 5) is 12.7. The van der Waals surface area contributed by atoms with Gasteiger partial charge in [-0.2, -0.15) is 0 Å². The Bertz CT molecular complexity index is 573. The fraction of sp³-hybridized carbons (Fsp3) is 0.538. The van der Waals surface area contributed by atoms with Crippen LogP contribution in [0.25, 0.3) is 10.2 Å². The Hall–Kier alpha value is -0.950.